The van der Waals surface area contributed by atoms with Crippen molar-refractivity contribution in [1.82, 2.24) is 15.0 Å². The molecule has 2 heterocycles. The van der Waals surface area contributed by atoms with Crippen LogP contribution in [-0.4, -0.2) is 40.2 Å². The molecule has 1 aromatic carbocycles. The summed E-state index contributed by atoms with van der Waals surface area (Å²) in [6.45, 7) is 0.153. The van der Waals surface area contributed by atoms with Gasteiger partial charge in [0.2, 0.25) is 17.2 Å². The van der Waals surface area contributed by atoms with E-state index in [-0.39, 0.29) is 80.0 Å². The Balaban J connectivity index is 0.00000225. The summed E-state index contributed by atoms with van der Waals surface area (Å²) in [5, 5.41) is 2.51. The summed E-state index contributed by atoms with van der Waals surface area (Å²) < 4.78 is 19.3. The van der Waals surface area contributed by atoms with Crippen molar-refractivity contribution in [3.63, 3.8) is 0 Å². The molecule has 0 bridgehead atoms. The zero-order valence-electron chi connectivity index (χ0n) is 12.7. The number of benzene rings is 1. The molecule has 1 aromatic heterocycles. The van der Waals surface area contributed by atoms with Crippen LogP contribution >= 0.6 is 11.6 Å². The normalized spacial score (nSPS) is 16.4. The molecule has 0 spiro atoms. The number of rotatable bonds is 4. The van der Waals surface area contributed by atoms with E-state index < -0.39 is 18.0 Å². The second-order valence-corrected chi connectivity index (χ2v) is 5.23. The summed E-state index contributed by atoms with van der Waals surface area (Å²) in [7, 11) is 0. The Labute approximate surface area is 182 Å². The molecule has 25 heavy (non-hydrogen) atoms. The first-order valence-electron chi connectivity index (χ1n) is 6.82. The minimum absolute atomic E-state index is 0. The Morgan fingerprint density at radius 3 is 2.80 bits per heavy atom. The van der Waals surface area contributed by atoms with Gasteiger partial charge in [-0.25, -0.2) is 9.18 Å². The number of nitrogen functional groups attached to an aromatic ring is 1. The number of nitrogens with one attached hydrogen (secondary N) is 2. The number of halogens is 2. The largest absolute Gasteiger partial charge is 0.674 e. The van der Waals surface area contributed by atoms with Crippen LogP contribution in [0.4, 0.5) is 32.5 Å². The van der Waals surface area contributed by atoms with E-state index in [1.54, 1.807) is 0 Å². The summed E-state index contributed by atoms with van der Waals surface area (Å²) in [5.41, 5.74) is 13.1. The molecule has 1 saturated heterocycles. The summed E-state index contributed by atoms with van der Waals surface area (Å²) in [6.07, 6.45) is -1.13. The zero-order valence-corrected chi connectivity index (χ0v) is 18.2. The van der Waals surface area contributed by atoms with Gasteiger partial charge >= 0.3 is 6.09 Å². The number of ether oxygens (including phenoxy) is 1. The predicted octanol–water partition coefficient (Wildman–Crippen LogP) is 2.37. The molecule has 1 atom stereocenters. The molecule has 0 unspecified atom stereocenters. The van der Waals surface area contributed by atoms with Gasteiger partial charge in [0.25, 0.3) is 0 Å². The first-order chi connectivity index (χ1) is 11.5. The van der Waals surface area contributed by atoms with Gasteiger partial charge in [0.1, 0.15) is 11.9 Å². The molecule has 1 amide bonds. The number of amides is 1. The minimum Gasteiger partial charge on any atom is -0.674 e. The maximum absolute atomic E-state index is 14.3. The summed E-state index contributed by atoms with van der Waals surface area (Å²) in [6, 6.07) is 4.12. The molecule has 0 aliphatic carbocycles. The van der Waals surface area contributed by atoms with Crippen LogP contribution in [0.25, 0.3) is 5.73 Å². The maximum atomic E-state index is 14.3. The van der Waals surface area contributed by atoms with Gasteiger partial charge in [-0.05, 0) is 29.8 Å². The Morgan fingerprint density at radius 1 is 1.44 bits per heavy atom. The number of anilines is 4. The summed E-state index contributed by atoms with van der Waals surface area (Å²) in [5.74, 6) is -0.741. The summed E-state index contributed by atoms with van der Waals surface area (Å²) >= 11 is 5.66. The first kappa shape index (κ1) is 20.0. The number of hydrogen-bond acceptors (Lipinski definition) is 7. The monoisotopic (exact) mass is 579 g/mol. The molecule has 2 aromatic rings. The van der Waals surface area contributed by atoms with E-state index in [0.29, 0.717) is 5.69 Å². The standard InChI is InChI=1S/C13H12ClFN7O2.Ac/c14-10-19-11(17)21-12(20-10)18-9-2-1-6(3-8(9)15)22-5-7(4-16)24-13(22)23;/h1-3,7,16H,4-5H2,(H3,17,18,19,20,21);/q-1;/t7-;/m0./s1. The predicted molar refractivity (Wildman–Crippen MR) is 85.7 cm³/mol. The van der Waals surface area contributed by atoms with Gasteiger partial charge in [-0.1, -0.05) is 0 Å². The number of carbonyl (C=O) groups excluding carboxylic acids is 1. The van der Waals surface area contributed by atoms with Crippen LogP contribution in [0.15, 0.2) is 18.2 Å². The number of aromatic nitrogens is 3. The fraction of sp³-hybridized carbons (Fsp3) is 0.231. The molecule has 1 fully saturated rings. The fourth-order valence-electron chi connectivity index (χ4n) is 2.15. The smallest absolute Gasteiger partial charge is 0.414 e. The molecule has 1 aliphatic rings. The van der Waals surface area contributed by atoms with Gasteiger partial charge in [-0.3, -0.25) is 4.90 Å². The number of hydrogen-bond donors (Lipinski definition) is 2. The maximum Gasteiger partial charge on any atom is 0.414 e. The molecule has 4 N–H and O–H groups in total. The third kappa shape index (κ3) is 4.67. The van der Waals surface area contributed by atoms with Crippen LogP contribution in [0.5, 0.6) is 0 Å². The van der Waals surface area contributed by atoms with Crippen molar-refractivity contribution < 1.29 is 58.0 Å². The topological polar surface area (TPSA) is 130 Å². The van der Waals surface area contributed by atoms with Crippen molar-refractivity contribution in [1.29, 1.82) is 0 Å². The molecule has 1 radical (unpaired) electrons. The Hall–Kier alpha value is -1.28. The Bertz CT molecular complexity index is 777. The number of nitrogens with zero attached hydrogens (tertiary/aromatic N) is 4. The van der Waals surface area contributed by atoms with Crippen molar-refractivity contribution in [3.8, 4) is 0 Å². The van der Waals surface area contributed by atoms with E-state index in [1.807, 2.05) is 0 Å². The average Bonchev–Trinajstić information content (AvgIpc) is 2.89. The second kappa shape index (κ2) is 8.40. The van der Waals surface area contributed by atoms with Crippen LogP contribution < -0.4 is 16.0 Å². The van der Waals surface area contributed by atoms with E-state index in [2.05, 4.69) is 20.3 Å². The van der Waals surface area contributed by atoms with Crippen molar-refractivity contribution in [2.24, 2.45) is 0 Å². The zero-order chi connectivity index (χ0) is 17.3. The van der Waals surface area contributed by atoms with E-state index in [9.17, 15) is 9.18 Å². The van der Waals surface area contributed by atoms with Crippen LogP contribution in [0.2, 0.25) is 5.28 Å². The number of cyclic esters (lactones) is 1. The van der Waals surface area contributed by atoms with E-state index in [1.165, 1.54) is 23.1 Å². The van der Waals surface area contributed by atoms with Gasteiger partial charge in [-0.2, -0.15) is 15.0 Å². The van der Waals surface area contributed by atoms with Gasteiger partial charge in [0.05, 0.1) is 17.9 Å². The van der Waals surface area contributed by atoms with E-state index >= 15 is 0 Å². The molecule has 129 valence electrons. The van der Waals surface area contributed by atoms with Gasteiger partial charge in [0.15, 0.2) is 0 Å². The number of carbonyl (C=O) groups is 1. The van der Waals surface area contributed by atoms with E-state index in [0.717, 1.165) is 0 Å². The Kier molecular flexibility index (Phi) is 6.73. The molecule has 9 nitrogen and oxygen atoms in total. The molecule has 12 heteroatoms. The number of nitrogens with two attached hydrogens (primary N) is 1. The van der Waals surface area contributed by atoms with Crippen LogP contribution in [0, 0.1) is 49.9 Å². The van der Waals surface area contributed by atoms with Crippen molar-refractivity contribution >= 4 is 41.0 Å². The van der Waals surface area contributed by atoms with Crippen LogP contribution in [-0.2, 0) is 4.74 Å². The average molecular weight is 580 g/mol. The third-order valence-corrected chi connectivity index (χ3v) is 3.41. The van der Waals surface area contributed by atoms with Crippen molar-refractivity contribution in [3.05, 3.63) is 35.0 Å². The van der Waals surface area contributed by atoms with Gasteiger partial charge < -0.3 is 21.5 Å². The SMILES string of the molecule is [Ac].[NH-]C[C@H]1CN(c2ccc(Nc3nc(N)nc(Cl)n3)c(F)c2)C(=O)O1. The first-order valence-corrected chi connectivity index (χ1v) is 7.20. The minimum atomic E-state index is -0.635. The van der Waals surface area contributed by atoms with Crippen molar-refractivity contribution in [2.75, 3.05) is 29.0 Å². The summed E-state index contributed by atoms with van der Waals surface area (Å²) in [4.78, 5) is 24.2. The molecule has 1 aliphatic heterocycles. The van der Waals surface area contributed by atoms with Crippen molar-refractivity contribution in [2.45, 2.75) is 6.10 Å². The van der Waals surface area contributed by atoms with Crippen LogP contribution in [0.3, 0.4) is 0 Å². The fourth-order valence-corrected chi connectivity index (χ4v) is 2.32. The quantitative estimate of drug-likeness (QED) is 0.569. The third-order valence-electron chi connectivity index (χ3n) is 3.24. The molecule has 0 saturated carbocycles. The van der Waals surface area contributed by atoms with E-state index in [4.69, 9.17) is 27.8 Å². The molecular formula is C13H12AcClFN7O2-. The van der Waals surface area contributed by atoms with Crippen LogP contribution in [0.1, 0.15) is 0 Å². The van der Waals surface area contributed by atoms with Gasteiger partial charge in [-0.15, -0.1) is 6.54 Å². The molecule has 3 rings (SSSR count). The second-order valence-electron chi connectivity index (χ2n) is 4.90. The van der Waals surface area contributed by atoms with Gasteiger partial charge in [0, 0.05) is 44.1 Å². The Morgan fingerprint density at radius 2 is 2.20 bits per heavy atom. The molecular weight excluding hydrogens is 568 g/mol.